The van der Waals surface area contributed by atoms with Gasteiger partial charge in [0, 0.05) is 10.4 Å². The van der Waals surface area contributed by atoms with Crippen LogP contribution < -0.4 is 5.14 Å². The topological polar surface area (TPSA) is 60.2 Å². The van der Waals surface area contributed by atoms with E-state index in [0.717, 1.165) is 4.88 Å². The van der Waals surface area contributed by atoms with Crippen molar-refractivity contribution in [3.63, 3.8) is 0 Å². The van der Waals surface area contributed by atoms with Crippen LogP contribution in [0.3, 0.4) is 0 Å². The van der Waals surface area contributed by atoms with Crippen LogP contribution in [0.25, 0.3) is 10.4 Å². The van der Waals surface area contributed by atoms with E-state index in [1.807, 2.05) is 17.5 Å². The standard InChI is InChI=1S/C10H9NO2S2.ClH/c11-15(12,13)10-6-2-1-4-8(10)9-5-3-7-14-9;/h1-7H,(H2,11,12,13);1H. The summed E-state index contributed by atoms with van der Waals surface area (Å²) in [4.78, 5) is 1.08. The molecule has 2 aromatic rings. The van der Waals surface area contributed by atoms with Gasteiger partial charge in [-0.25, -0.2) is 13.6 Å². The third-order valence-corrected chi connectivity index (χ3v) is 3.85. The zero-order chi connectivity index (χ0) is 10.9. The lowest BCUT2D eigenvalue weighted by molar-refractivity contribution is 0.598. The maximum absolute atomic E-state index is 11.3. The maximum atomic E-state index is 11.3. The molecule has 0 amide bonds. The Morgan fingerprint density at radius 1 is 1.06 bits per heavy atom. The van der Waals surface area contributed by atoms with E-state index < -0.39 is 10.0 Å². The molecule has 0 fully saturated rings. The molecule has 0 bridgehead atoms. The smallest absolute Gasteiger partial charge is 0.225 e. The van der Waals surface area contributed by atoms with Crippen LogP contribution in [-0.4, -0.2) is 8.42 Å². The molecule has 1 aromatic carbocycles. The number of hydrogen-bond donors (Lipinski definition) is 1. The molecule has 0 saturated heterocycles. The van der Waals surface area contributed by atoms with Crippen LogP contribution >= 0.6 is 23.7 Å². The van der Waals surface area contributed by atoms with Crippen molar-refractivity contribution in [2.45, 2.75) is 4.90 Å². The normalized spacial score (nSPS) is 10.8. The van der Waals surface area contributed by atoms with Crippen molar-refractivity contribution in [3.8, 4) is 10.4 Å². The van der Waals surface area contributed by atoms with Crippen molar-refractivity contribution in [1.82, 2.24) is 0 Å². The van der Waals surface area contributed by atoms with Crippen LogP contribution in [0, 0.1) is 0 Å². The highest BCUT2D eigenvalue weighted by atomic mass is 35.5. The number of halogens is 1. The van der Waals surface area contributed by atoms with Crippen LogP contribution in [0.15, 0.2) is 46.7 Å². The first-order valence-corrected chi connectivity index (χ1v) is 6.67. The summed E-state index contributed by atoms with van der Waals surface area (Å²) in [6.07, 6.45) is 0. The minimum atomic E-state index is -3.65. The van der Waals surface area contributed by atoms with E-state index >= 15 is 0 Å². The number of benzene rings is 1. The minimum absolute atomic E-state index is 0. The second kappa shape index (κ2) is 4.97. The summed E-state index contributed by atoms with van der Waals surface area (Å²) in [6.45, 7) is 0. The molecule has 3 nitrogen and oxygen atoms in total. The number of primary sulfonamides is 1. The minimum Gasteiger partial charge on any atom is -0.225 e. The van der Waals surface area contributed by atoms with Gasteiger partial charge in [0.1, 0.15) is 0 Å². The van der Waals surface area contributed by atoms with E-state index in [9.17, 15) is 8.42 Å². The molecule has 1 heterocycles. The highest BCUT2D eigenvalue weighted by molar-refractivity contribution is 7.89. The van der Waals surface area contributed by atoms with Crippen molar-refractivity contribution in [2.24, 2.45) is 5.14 Å². The van der Waals surface area contributed by atoms with Gasteiger partial charge in [-0.05, 0) is 17.5 Å². The Morgan fingerprint density at radius 3 is 2.31 bits per heavy atom. The van der Waals surface area contributed by atoms with Gasteiger partial charge in [0.2, 0.25) is 10.0 Å². The number of hydrogen-bond acceptors (Lipinski definition) is 3. The Hall–Kier alpha value is -0.880. The van der Waals surface area contributed by atoms with E-state index in [-0.39, 0.29) is 17.3 Å². The predicted molar refractivity (Wildman–Crippen MR) is 68.4 cm³/mol. The lowest BCUT2D eigenvalue weighted by Crippen LogP contribution is -2.13. The van der Waals surface area contributed by atoms with Gasteiger partial charge in [0.05, 0.1) is 4.90 Å². The molecule has 1 aromatic heterocycles. The van der Waals surface area contributed by atoms with Crippen LogP contribution in [0.4, 0.5) is 0 Å². The summed E-state index contributed by atoms with van der Waals surface area (Å²) in [5.74, 6) is 0. The molecule has 6 heteroatoms. The Balaban J connectivity index is 0.00000128. The second-order valence-corrected chi connectivity index (χ2v) is 5.50. The Morgan fingerprint density at radius 2 is 1.75 bits per heavy atom. The number of sulfonamides is 1. The Kier molecular flexibility index (Phi) is 4.09. The molecule has 0 aliphatic rings. The molecule has 2 N–H and O–H groups in total. The van der Waals surface area contributed by atoms with Gasteiger partial charge in [-0.1, -0.05) is 24.3 Å². The molecule has 0 unspecified atom stereocenters. The highest BCUT2D eigenvalue weighted by Crippen LogP contribution is 2.29. The maximum Gasteiger partial charge on any atom is 0.238 e. The van der Waals surface area contributed by atoms with Crippen LogP contribution in [0.1, 0.15) is 0 Å². The lowest BCUT2D eigenvalue weighted by atomic mass is 10.2. The molecule has 0 aliphatic carbocycles. The summed E-state index contributed by atoms with van der Waals surface area (Å²) >= 11 is 1.49. The van der Waals surface area contributed by atoms with Crippen molar-refractivity contribution >= 4 is 33.8 Å². The van der Waals surface area contributed by atoms with Crippen LogP contribution in [0.5, 0.6) is 0 Å². The van der Waals surface area contributed by atoms with E-state index in [1.54, 1.807) is 18.2 Å². The molecule has 0 radical (unpaired) electrons. The predicted octanol–water partition coefficient (Wildman–Crippen LogP) is 2.48. The fourth-order valence-electron chi connectivity index (χ4n) is 1.35. The second-order valence-electron chi connectivity index (χ2n) is 3.02. The van der Waals surface area contributed by atoms with Crippen molar-refractivity contribution in [1.29, 1.82) is 0 Å². The fourth-order valence-corrected chi connectivity index (χ4v) is 2.93. The van der Waals surface area contributed by atoms with Crippen molar-refractivity contribution < 1.29 is 8.42 Å². The van der Waals surface area contributed by atoms with E-state index in [4.69, 9.17) is 5.14 Å². The lowest BCUT2D eigenvalue weighted by Gasteiger charge is -2.04. The van der Waals surface area contributed by atoms with E-state index in [1.165, 1.54) is 17.4 Å². The van der Waals surface area contributed by atoms with Gasteiger partial charge in [-0.3, -0.25) is 0 Å². The molecule has 0 saturated carbocycles. The van der Waals surface area contributed by atoms with Gasteiger partial charge in [-0.15, -0.1) is 23.7 Å². The Labute approximate surface area is 104 Å². The third-order valence-electron chi connectivity index (χ3n) is 1.98. The number of rotatable bonds is 2. The number of nitrogens with two attached hydrogens (primary N) is 1. The van der Waals surface area contributed by atoms with Gasteiger partial charge < -0.3 is 0 Å². The average molecular weight is 276 g/mol. The first kappa shape index (κ1) is 13.2. The quantitative estimate of drug-likeness (QED) is 0.915. The number of thiophene rings is 1. The first-order valence-electron chi connectivity index (χ1n) is 4.25. The molecule has 2 rings (SSSR count). The van der Waals surface area contributed by atoms with E-state index in [0.29, 0.717) is 5.56 Å². The monoisotopic (exact) mass is 275 g/mol. The van der Waals surface area contributed by atoms with Gasteiger partial charge in [-0.2, -0.15) is 0 Å². The summed E-state index contributed by atoms with van der Waals surface area (Å²) in [6, 6.07) is 10.5. The molecule has 0 atom stereocenters. The van der Waals surface area contributed by atoms with Crippen LogP contribution in [0.2, 0.25) is 0 Å². The zero-order valence-electron chi connectivity index (χ0n) is 8.16. The summed E-state index contributed by atoms with van der Waals surface area (Å²) < 4.78 is 22.7. The van der Waals surface area contributed by atoms with Crippen molar-refractivity contribution in [2.75, 3.05) is 0 Å². The average Bonchev–Trinajstić information content (AvgIpc) is 2.69. The molecule has 86 valence electrons. The highest BCUT2D eigenvalue weighted by Gasteiger charge is 2.14. The van der Waals surface area contributed by atoms with Gasteiger partial charge >= 0.3 is 0 Å². The van der Waals surface area contributed by atoms with Crippen LogP contribution in [-0.2, 0) is 10.0 Å². The van der Waals surface area contributed by atoms with Gasteiger partial charge in [0.15, 0.2) is 0 Å². The molecular weight excluding hydrogens is 266 g/mol. The third kappa shape index (κ3) is 2.62. The summed E-state index contributed by atoms with van der Waals surface area (Å²) in [5, 5.41) is 7.04. The van der Waals surface area contributed by atoms with Gasteiger partial charge in [0.25, 0.3) is 0 Å². The molecule has 0 spiro atoms. The summed E-state index contributed by atoms with van der Waals surface area (Å²) in [7, 11) is -3.65. The first-order chi connectivity index (χ1) is 7.09. The zero-order valence-corrected chi connectivity index (χ0v) is 10.6. The van der Waals surface area contributed by atoms with E-state index in [2.05, 4.69) is 0 Å². The molecule has 16 heavy (non-hydrogen) atoms. The molecular formula is C10H10ClNO2S2. The fraction of sp³-hybridized carbons (Fsp3) is 0. The summed E-state index contributed by atoms with van der Waals surface area (Å²) in [5.41, 5.74) is 0.662. The SMILES string of the molecule is Cl.NS(=O)(=O)c1ccccc1-c1cccs1. The van der Waals surface area contributed by atoms with Crippen molar-refractivity contribution in [3.05, 3.63) is 41.8 Å². The Bertz CT molecular complexity index is 564. The largest absolute Gasteiger partial charge is 0.238 e. The molecule has 0 aliphatic heterocycles.